The van der Waals surface area contributed by atoms with Crippen LogP contribution in [0.3, 0.4) is 0 Å². The number of benzene rings is 1. The summed E-state index contributed by atoms with van der Waals surface area (Å²) < 4.78 is 28.5. The fourth-order valence-electron chi connectivity index (χ4n) is 2.99. The second kappa shape index (κ2) is 8.86. The zero-order valence-electron chi connectivity index (χ0n) is 16.8. The Morgan fingerprint density at radius 2 is 2.03 bits per heavy atom. The lowest BCUT2D eigenvalue weighted by Gasteiger charge is -2.10. The minimum absolute atomic E-state index is 0.0690. The number of carbonyl (C=O) groups excluding carboxylic acids is 1. The van der Waals surface area contributed by atoms with E-state index in [1.165, 1.54) is 11.6 Å². The number of nitrogens with zero attached hydrogens (tertiary/aromatic N) is 4. The van der Waals surface area contributed by atoms with Crippen LogP contribution in [0.4, 0.5) is 14.5 Å². The summed E-state index contributed by atoms with van der Waals surface area (Å²) in [5.74, 6) is -1.46. The van der Waals surface area contributed by atoms with Crippen molar-refractivity contribution < 1.29 is 13.6 Å². The molecule has 2 aromatic heterocycles. The maximum absolute atomic E-state index is 13.8. The second-order valence-corrected chi connectivity index (χ2v) is 8.15. The molecule has 0 aliphatic carbocycles. The van der Waals surface area contributed by atoms with Crippen LogP contribution in [0, 0.1) is 25.5 Å². The molecule has 2 heterocycles. The van der Waals surface area contributed by atoms with Gasteiger partial charge in [-0.1, -0.05) is 25.1 Å². The van der Waals surface area contributed by atoms with Crippen LogP contribution in [0.25, 0.3) is 5.78 Å². The summed E-state index contributed by atoms with van der Waals surface area (Å²) in [5.41, 5.74) is 3.02. The van der Waals surface area contributed by atoms with Crippen LogP contribution in [-0.2, 0) is 11.2 Å². The van der Waals surface area contributed by atoms with E-state index in [2.05, 4.69) is 27.3 Å². The molecule has 0 saturated carbocycles. The number of unbranched alkanes of at least 4 members (excludes halogenated alkanes) is 1. The third-order valence-corrected chi connectivity index (χ3v) is 5.60. The lowest BCUT2D eigenvalue weighted by molar-refractivity contribution is -0.115. The largest absolute Gasteiger partial charge is 0.323 e. The molecule has 154 valence electrons. The molecule has 0 fully saturated rings. The Morgan fingerprint density at radius 3 is 2.72 bits per heavy atom. The predicted molar refractivity (Wildman–Crippen MR) is 109 cm³/mol. The van der Waals surface area contributed by atoms with E-state index in [1.54, 1.807) is 11.4 Å². The lowest BCUT2D eigenvalue weighted by atomic mass is 10.1. The van der Waals surface area contributed by atoms with E-state index in [-0.39, 0.29) is 5.69 Å². The average molecular weight is 420 g/mol. The molecule has 0 saturated heterocycles. The van der Waals surface area contributed by atoms with Crippen molar-refractivity contribution in [3.8, 4) is 0 Å². The summed E-state index contributed by atoms with van der Waals surface area (Å²) >= 11 is 1.15. The number of hydrogen-bond donors (Lipinski definition) is 1. The van der Waals surface area contributed by atoms with E-state index >= 15 is 0 Å². The molecule has 3 aromatic rings. The van der Waals surface area contributed by atoms with Gasteiger partial charge in [0.15, 0.2) is 0 Å². The average Bonchev–Trinajstić information content (AvgIpc) is 3.06. The molecule has 0 aliphatic rings. The number of nitrogens with one attached hydrogen (secondary N) is 1. The summed E-state index contributed by atoms with van der Waals surface area (Å²) in [6.45, 7) is 7.77. The molecular formula is C20H23F2N5OS. The predicted octanol–water partition coefficient (Wildman–Crippen LogP) is 4.48. The van der Waals surface area contributed by atoms with Gasteiger partial charge in [0.1, 0.15) is 11.6 Å². The normalized spacial score (nSPS) is 12.3. The van der Waals surface area contributed by atoms with Gasteiger partial charge in [-0.2, -0.15) is 4.98 Å². The summed E-state index contributed by atoms with van der Waals surface area (Å²) in [7, 11) is 0. The van der Waals surface area contributed by atoms with Crippen molar-refractivity contribution in [3.63, 3.8) is 0 Å². The van der Waals surface area contributed by atoms with Gasteiger partial charge in [-0.05, 0) is 51.3 Å². The Kier molecular flexibility index (Phi) is 6.46. The SMILES string of the molecule is CCCCc1c(C)nc2nc(SC(C)C(=O)Nc3ccc(F)cc3F)nn2c1C. The van der Waals surface area contributed by atoms with E-state index < -0.39 is 22.8 Å². The summed E-state index contributed by atoms with van der Waals surface area (Å²) in [6.07, 6.45) is 3.10. The number of amides is 1. The zero-order valence-corrected chi connectivity index (χ0v) is 17.6. The number of hydrogen-bond acceptors (Lipinski definition) is 5. The third-order valence-electron chi connectivity index (χ3n) is 4.65. The second-order valence-electron chi connectivity index (χ2n) is 6.84. The zero-order chi connectivity index (χ0) is 21.1. The first-order valence-electron chi connectivity index (χ1n) is 9.45. The monoisotopic (exact) mass is 419 g/mol. The first-order chi connectivity index (χ1) is 13.8. The summed E-state index contributed by atoms with van der Waals surface area (Å²) in [6, 6.07) is 3.01. The summed E-state index contributed by atoms with van der Waals surface area (Å²) in [4.78, 5) is 21.3. The van der Waals surface area contributed by atoms with Gasteiger partial charge in [0.25, 0.3) is 5.78 Å². The Balaban J connectivity index is 1.76. The molecule has 9 heteroatoms. The molecule has 1 unspecified atom stereocenters. The van der Waals surface area contributed by atoms with Crippen molar-refractivity contribution in [2.75, 3.05) is 5.32 Å². The van der Waals surface area contributed by atoms with Crippen LogP contribution in [0.5, 0.6) is 0 Å². The Bertz CT molecular complexity index is 1050. The minimum atomic E-state index is -0.823. The van der Waals surface area contributed by atoms with Crippen LogP contribution in [0.2, 0.25) is 0 Å². The Labute approximate surface area is 172 Å². The Hall–Kier alpha value is -2.55. The van der Waals surface area contributed by atoms with Crippen molar-refractivity contribution in [1.29, 1.82) is 0 Å². The Morgan fingerprint density at radius 1 is 1.28 bits per heavy atom. The minimum Gasteiger partial charge on any atom is -0.323 e. The van der Waals surface area contributed by atoms with Crippen LogP contribution >= 0.6 is 11.8 Å². The molecule has 6 nitrogen and oxygen atoms in total. The van der Waals surface area contributed by atoms with Crippen molar-refractivity contribution >= 4 is 29.1 Å². The smallest absolute Gasteiger partial charge is 0.253 e. The highest BCUT2D eigenvalue weighted by Crippen LogP contribution is 2.24. The van der Waals surface area contributed by atoms with Crippen molar-refractivity contribution in [2.45, 2.75) is 57.4 Å². The molecule has 0 radical (unpaired) electrons. The molecule has 1 N–H and O–H groups in total. The van der Waals surface area contributed by atoms with Crippen LogP contribution in [-0.4, -0.2) is 30.7 Å². The van der Waals surface area contributed by atoms with Gasteiger partial charge in [0, 0.05) is 17.5 Å². The molecule has 29 heavy (non-hydrogen) atoms. The first-order valence-corrected chi connectivity index (χ1v) is 10.3. The van der Waals surface area contributed by atoms with Gasteiger partial charge < -0.3 is 5.32 Å². The van der Waals surface area contributed by atoms with Gasteiger partial charge >= 0.3 is 0 Å². The molecule has 3 rings (SSSR count). The van der Waals surface area contributed by atoms with Gasteiger partial charge in [0.2, 0.25) is 11.1 Å². The van der Waals surface area contributed by atoms with Gasteiger partial charge in [0.05, 0.1) is 10.9 Å². The number of rotatable bonds is 7. The van der Waals surface area contributed by atoms with Crippen LogP contribution in [0.15, 0.2) is 23.4 Å². The van der Waals surface area contributed by atoms with E-state index in [4.69, 9.17) is 0 Å². The van der Waals surface area contributed by atoms with Gasteiger partial charge in [-0.3, -0.25) is 4.79 Å². The number of halogens is 2. The highest BCUT2D eigenvalue weighted by Gasteiger charge is 2.20. The van der Waals surface area contributed by atoms with Gasteiger partial charge in [-0.25, -0.2) is 18.3 Å². The lowest BCUT2D eigenvalue weighted by Crippen LogP contribution is -2.23. The van der Waals surface area contributed by atoms with Crippen molar-refractivity contribution in [1.82, 2.24) is 19.6 Å². The number of carbonyl (C=O) groups is 1. The van der Waals surface area contributed by atoms with Gasteiger partial charge in [-0.15, -0.1) is 5.10 Å². The quantitative estimate of drug-likeness (QED) is 0.572. The highest BCUT2D eigenvalue weighted by atomic mass is 32.2. The van der Waals surface area contributed by atoms with Crippen LogP contribution < -0.4 is 5.32 Å². The maximum Gasteiger partial charge on any atom is 0.253 e. The fourth-order valence-corrected chi connectivity index (χ4v) is 3.74. The topological polar surface area (TPSA) is 72.2 Å². The maximum atomic E-state index is 13.8. The molecular weight excluding hydrogens is 396 g/mol. The van der Waals surface area contributed by atoms with E-state index in [0.717, 1.165) is 54.5 Å². The summed E-state index contributed by atoms with van der Waals surface area (Å²) in [5, 5.41) is 6.77. The molecule has 1 atom stereocenters. The number of aryl methyl sites for hydroxylation is 2. The number of thioether (sulfide) groups is 1. The van der Waals surface area contributed by atoms with E-state index in [1.807, 2.05) is 13.8 Å². The number of aromatic nitrogens is 4. The molecule has 0 aliphatic heterocycles. The molecule has 0 bridgehead atoms. The number of anilines is 1. The highest BCUT2D eigenvalue weighted by molar-refractivity contribution is 8.00. The molecule has 1 amide bonds. The first kappa shape index (κ1) is 21.2. The standard InChI is InChI=1S/C20H23F2N5OS/c1-5-6-7-15-11(2)23-19-25-20(26-27(19)12(15)3)29-13(4)18(28)24-17-9-8-14(21)10-16(17)22/h8-10,13H,5-7H2,1-4H3,(H,24,28). The molecule has 1 aromatic carbocycles. The van der Waals surface area contributed by atoms with E-state index in [9.17, 15) is 13.6 Å². The van der Waals surface area contributed by atoms with E-state index in [0.29, 0.717) is 10.9 Å². The fraction of sp³-hybridized carbons (Fsp3) is 0.400. The van der Waals surface area contributed by atoms with Crippen molar-refractivity contribution in [3.05, 3.63) is 46.8 Å². The van der Waals surface area contributed by atoms with Crippen molar-refractivity contribution in [2.24, 2.45) is 0 Å². The number of fused-ring (bicyclic) bond motifs is 1. The third kappa shape index (κ3) is 4.72. The molecule has 0 spiro atoms. The van der Waals surface area contributed by atoms with Crippen LogP contribution in [0.1, 0.15) is 43.6 Å².